The minimum atomic E-state index is 0.100. The summed E-state index contributed by atoms with van der Waals surface area (Å²) in [7, 11) is 0. The first-order chi connectivity index (χ1) is 13.6. The van der Waals surface area contributed by atoms with E-state index >= 15 is 0 Å². The Morgan fingerprint density at radius 2 is 1.96 bits per heavy atom. The van der Waals surface area contributed by atoms with Gasteiger partial charge in [0.2, 0.25) is 11.8 Å². The Morgan fingerprint density at radius 3 is 2.64 bits per heavy atom. The molecule has 1 fully saturated rings. The van der Waals surface area contributed by atoms with E-state index in [2.05, 4.69) is 15.4 Å². The zero-order chi connectivity index (χ0) is 19.5. The van der Waals surface area contributed by atoms with Gasteiger partial charge in [0.05, 0.1) is 12.7 Å². The molecular formula is C22H26N4O2. The summed E-state index contributed by atoms with van der Waals surface area (Å²) < 4.78 is 7.70. The van der Waals surface area contributed by atoms with Crippen LogP contribution in [-0.2, 0) is 11.3 Å². The van der Waals surface area contributed by atoms with E-state index in [9.17, 15) is 4.79 Å². The summed E-state index contributed by atoms with van der Waals surface area (Å²) >= 11 is 0. The molecule has 1 N–H and O–H groups in total. The number of aromatic nitrogens is 3. The van der Waals surface area contributed by atoms with Gasteiger partial charge in [0.1, 0.15) is 11.5 Å². The van der Waals surface area contributed by atoms with Gasteiger partial charge in [-0.1, -0.05) is 12.8 Å². The molecule has 6 nitrogen and oxygen atoms in total. The molecule has 4 rings (SSSR count). The fourth-order valence-electron chi connectivity index (χ4n) is 3.79. The van der Waals surface area contributed by atoms with Gasteiger partial charge in [-0.3, -0.25) is 9.48 Å². The SMILES string of the molecule is Cc1cnn(Cc2nc(-c3ccc(NC(=O)CC4CCCC4)cc3)oc2C)c1. The smallest absolute Gasteiger partial charge is 0.226 e. The zero-order valence-electron chi connectivity index (χ0n) is 16.4. The molecule has 2 aromatic heterocycles. The molecule has 1 saturated carbocycles. The molecule has 6 heteroatoms. The first kappa shape index (κ1) is 18.5. The third-order valence-electron chi connectivity index (χ3n) is 5.33. The van der Waals surface area contributed by atoms with Crippen molar-refractivity contribution in [1.29, 1.82) is 0 Å². The second-order valence-electron chi connectivity index (χ2n) is 7.72. The summed E-state index contributed by atoms with van der Waals surface area (Å²) in [5.41, 5.74) is 3.68. The summed E-state index contributed by atoms with van der Waals surface area (Å²) in [6.45, 7) is 4.51. The third-order valence-corrected chi connectivity index (χ3v) is 5.33. The first-order valence-electron chi connectivity index (χ1n) is 9.92. The summed E-state index contributed by atoms with van der Waals surface area (Å²) in [4.78, 5) is 16.8. The van der Waals surface area contributed by atoms with Crippen LogP contribution in [0.5, 0.6) is 0 Å². The molecule has 0 spiro atoms. The number of carbonyl (C=O) groups excluding carboxylic acids is 1. The van der Waals surface area contributed by atoms with Crippen molar-refractivity contribution >= 4 is 11.6 Å². The van der Waals surface area contributed by atoms with Crippen molar-refractivity contribution in [2.24, 2.45) is 5.92 Å². The van der Waals surface area contributed by atoms with E-state index in [1.54, 1.807) is 0 Å². The molecule has 28 heavy (non-hydrogen) atoms. The predicted molar refractivity (Wildman–Crippen MR) is 108 cm³/mol. The van der Waals surface area contributed by atoms with Crippen LogP contribution in [0.3, 0.4) is 0 Å². The van der Waals surface area contributed by atoms with Crippen molar-refractivity contribution in [1.82, 2.24) is 14.8 Å². The maximum atomic E-state index is 12.2. The second-order valence-corrected chi connectivity index (χ2v) is 7.72. The van der Waals surface area contributed by atoms with Gasteiger partial charge >= 0.3 is 0 Å². The molecule has 1 aliphatic carbocycles. The van der Waals surface area contributed by atoms with Gasteiger partial charge in [-0.25, -0.2) is 4.98 Å². The Hall–Kier alpha value is -2.89. The molecule has 0 atom stereocenters. The zero-order valence-corrected chi connectivity index (χ0v) is 16.4. The number of aryl methyl sites for hydroxylation is 2. The molecule has 0 bridgehead atoms. The normalized spacial score (nSPS) is 14.5. The van der Waals surface area contributed by atoms with Crippen LogP contribution in [0.1, 0.15) is 49.1 Å². The van der Waals surface area contributed by atoms with E-state index in [-0.39, 0.29) is 5.91 Å². The highest BCUT2D eigenvalue weighted by Crippen LogP contribution is 2.28. The Balaban J connectivity index is 1.40. The molecule has 0 aliphatic heterocycles. The van der Waals surface area contributed by atoms with Crippen molar-refractivity contribution < 1.29 is 9.21 Å². The van der Waals surface area contributed by atoms with Crippen LogP contribution >= 0.6 is 0 Å². The van der Waals surface area contributed by atoms with Crippen molar-refractivity contribution in [3.63, 3.8) is 0 Å². The highest BCUT2D eigenvalue weighted by Gasteiger charge is 2.18. The maximum Gasteiger partial charge on any atom is 0.226 e. The fraction of sp³-hybridized carbons (Fsp3) is 0.409. The Morgan fingerprint density at radius 1 is 1.21 bits per heavy atom. The molecule has 0 saturated heterocycles. The second kappa shape index (κ2) is 8.00. The lowest BCUT2D eigenvalue weighted by Crippen LogP contribution is -2.14. The lowest BCUT2D eigenvalue weighted by atomic mass is 10.0. The number of benzene rings is 1. The number of anilines is 1. The van der Waals surface area contributed by atoms with E-state index in [0.29, 0.717) is 24.8 Å². The van der Waals surface area contributed by atoms with Crippen LogP contribution in [0.15, 0.2) is 41.1 Å². The number of nitrogens with zero attached hydrogens (tertiary/aromatic N) is 3. The van der Waals surface area contributed by atoms with Crippen LogP contribution in [0, 0.1) is 19.8 Å². The van der Waals surface area contributed by atoms with Crippen LogP contribution in [0.2, 0.25) is 0 Å². The summed E-state index contributed by atoms with van der Waals surface area (Å²) in [5, 5.41) is 7.30. The Bertz CT molecular complexity index is 949. The number of hydrogen-bond acceptors (Lipinski definition) is 4. The summed E-state index contributed by atoms with van der Waals surface area (Å²) in [6.07, 6.45) is 9.30. The number of rotatable bonds is 6. The number of hydrogen-bond donors (Lipinski definition) is 1. The molecule has 1 amide bonds. The summed E-state index contributed by atoms with van der Waals surface area (Å²) in [5.74, 6) is 2.02. The van der Waals surface area contributed by atoms with E-state index in [1.165, 1.54) is 25.7 Å². The minimum Gasteiger partial charge on any atom is -0.441 e. The molecule has 1 aliphatic rings. The van der Waals surface area contributed by atoms with Gasteiger partial charge in [-0.15, -0.1) is 0 Å². The lowest BCUT2D eigenvalue weighted by Gasteiger charge is -2.09. The van der Waals surface area contributed by atoms with Crippen molar-refractivity contribution in [2.75, 3.05) is 5.32 Å². The van der Waals surface area contributed by atoms with E-state index in [4.69, 9.17) is 4.42 Å². The van der Waals surface area contributed by atoms with Gasteiger partial charge in [0, 0.05) is 23.9 Å². The standard InChI is InChI=1S/C22H26N4O2/c1-15-12-23-26(13-15)14-20-16(2)28-22(25-20)18-7-9-19(10-8-18)24-21(27)11-17-5-3-4-6-17/h7-10,12-13,17H,3-6,11,14H2,1-2H3,(H,24,27). The lowest BCUT2D eigenvalue weighted by molar-refractivity contribution is -0.117. The van der Waals surface area contributed by atoms with Gasteiger partial charge in [0.25, 0.3) is 0 Å². The maximum absolute atomic E-state index is 12.2. The molecule has 146 valence electrons. The molecule has 2 heterocycles. The average Bonchev–Trinajstić information content (AvgIpc) is 3.39. The largest absolute Gasteiger partial charge is 0.441 e. The van der Waals surface area contributed by atoms with Gasteiger partial charge in [-0.05, 0) is 62.4 Å². The van der Waals surface area contributed by atoms with Gasteiger partial charge in [0.15, 0.2) is 0 Å². The van der Waals surface area contributed by atoms with E-state index in [0.717, 1.165) is 28.3 Å². The Labute approximate surface area is 165 Å². The molecule has 0 unspecified atom stereocenters. The van der Waals surface area contributed by atoms with Crippen LogP contribution in [0.25, 0.3) is 11.5 Å². The molecule has 1 aromatic carbocycles. The van der Waals surface area contributed by atoms with E-state index in [1.807, 2.05) is 55.2 Å². The quantitative estimate of drug-likeness (QED) is 0.673. The minimum absolute atomic E-state index is 0.100. The third kappa shape index (κ3) is 4.32. The van der Waals surface area contributed by atoms with Crippen LogP contribution in [0.4, 0.5) is 5.69 Å². The first-order valence-corrected chi connectivity index (χ1v) is 9.92. The number of carbonyl (C=O) groups is 1. The van der Waals surface area contributed by atoms with E-state index < -0.39 is 0 Å². The summed E-state index contributed by atoms with van der Waals surface area (Å²) in [6, 6.07) is 7.66. The molecule has 3 aromatic rings. The topological polar surface area (TPSA) is 73.0 Å². The monoisotopic (exact) mass is 378 g/mol. The Kier molecular flexibility index (Phi) is 5.28. The highest BCUT2D eigenvalue weighted by molar-refractivity contribution is 5.91. The predicted octanol–water partition coefficient (Wildman–Crippen LogP) is 4.72. The van der Waals surface area contributed by atoms with Crippen LogP contribution in [-0.4, -0.2) is 20.7 Å². The fourth-order valence-corrected chi connectivity index (χ4v) is 3.79. The highest BCUT2D eigenvalue weighted by atomic mass is 16.4. The number of nitrogens with one attached hydrogen (secondary N) is 1. The number of oxazole rings is 1. The van der Waals surface area contributed by atoms with Gasteiger partial charge in [-0.2, -0.15) is 5.10 Å². The van der Waals surface area contributed by atoms with Gasteiger partial charge < -0.3 is 9.73 Å². The molecular weight excluding hydrogens is 352 g/mol. The van der Waals surface area contributed by atoms with Crippen molar-refractivity contribution in [2.45, 2.75) is 52.5 Å². The van der Waals surface area contributed by atoms with Crippen molar-refractivity contribution in [3.05, 3.63) is 53.7 Å². The average molecular weight is 378 g/mol. The van der Waals surface area contributed by atoms with Crippen LogP contribution < -0.4 is 5.32 Å². The number of amides is 1. The van der Waals surface area contributed by atoms with Crippen molar-refractivity contribution in [3.8, 4) is 11.5 Å². The molecule has 0 radical (unpaired) electrons.